The van der Waals surface area contributed by atoms with Gasteiger partial charge in [0.1, 0.15) is 13.2 Å². The number of aliphatic hydroxyl groups is 2. The molecule has 0 atom stereocenters. The number of aliphatic hydroxyl groups excluding tert-OH is 2. The van der Waals surface area contributed by atoms with Crippen LogP contribution >= 0.6 is 0 Å². The van der Waals surface area contributed by atoms with E-state index in [1.54, 1.807) is 54.6 Å². The number of amides is 2. The van der Waals surface area contributed by atoms with E-state index in [2.05, 4.69) is 10.6 Å². The highest BCUT2D eigenvalue weighted by molar-refractivity contribution is 6.12. The number of rotatable bonds is 26. The van der Waals surface area contributed by atoms with Gasteiger partial charge in [0.25, 0.3) is 11.8 Å². The van der Waals surface area contributed by atoms with Gasteiger partial charge < -0.3 is 55.4 Å². The molecule has 0 aliphatic heterocycles. The van der Waals surface area contributed by atoms with Crippen LogP contribution in [0.25, 0.3) is 22.3 Å². The van der Waals surface area contributed by atoms with Crippen LogP contribution in [0, 0.1) is 0 Å². The number of hydrogen-bond donors (Lipinski definition) is 6. The third kappa shape index (κ3) is 21.7. The summed E-state index contributed by atoms with van der Waals surface area (Å²) in [6, 6.07) is 47.2. The van der Waals surface area contributed by atoms with Crippen molar-refractivity contribution in [1.82, 2.24) is 0 Å². The second kappa shape index (κ2) is 34.3. The number of hydrogen-bond acceptors (Lipinski definition) is 14. The quantitative estimate of drug-likeness (QED) is 0.0171. The third-order valence-electron chi connectivity index (χ3n) is 10.3. The molecule has 0 bridgehead atoms. The van der Waals surface area contributed by atoms with Crippen molar-refractivity contribution in [3.63, 3.8) is 0 Å². The zero-order chi connectivity index (χ0) is 53.2. The molecule has 390 valence electrons. The predicted molar refractivity (Wildman–Crippen MR) is 280 cm³/mol. The van der Waals surface area contributed by atoms with E-state index in [4.69, 9.17) is 44.7 Å². The maximum Gasteiger partial charge on any atom is 0.338 e. The lowest BCUT2D eigenvalue weighted by atomic mass is 10.0. The summed E-state index contributed by atoms with van der Waals surface area (Å²) in [5.74, 6) is -3.85. The Morgan fingerprint density at radius 3 is 1.23 bits per heavy atom. The fraction of sp³-hybridized carbons (Fsp3) is 0.263. The van der Waals surface area contributed by atoms with Gasteiger partial charge in [-0.3, -0.25) is 19.2 Å². The predicted octanol–water partition coefficient (Wildman–Crippen LogP) is 8.07. The normalized spacial score (nSPS) is 10.3. The van der Waals surface area contributed by atoms with Crippen molar-refractivity contribution in [2.75, 3.05) is 76.6 Å². The van der Waals surface area contributed by atoms with Crippen LogP contribution in [-0.4, -0.2) is 117 Å². The Morgan fingerprint density at radius 1 is 0.405 bits per heavy atom. The standard InChI is InChI=1S/C30H33NO7.C23H19NO5.C4H11NO2/c32-18-22-36-19-7-2-8-20-37-28(33)17-21-38-30(35)27-12-6-5-11-26(27)29(34)31-25-15-13-24(14-16-25)23-9-3-1-4-10-23;25-21(26)14-15-29-23(28)20-9-5-4-8-19(20)22(27)24-18-12-10-17(11-13-18)16-6-2-1-3-7-16;5-1-3-7-4-2-6/h1,3-6,9-16,32H,2,7-8,17-22H2,(H,31,34);1-13H,14-15H2,(H,24,27)(H,25,26);6H,1-5H2. The number of ether oxygens (including phenoxy) is 5. The van der Waals surface area contributed by atoms with Crippen LogP contribution in [0.3, 0.4) is 0 Å². The lowest BCUT2D eigenvalue weighted by Crippen LogP contribution is -2.18. The highest BCUT2D eigenvalue weighted by Gasteiger charge is 2.20. The van der Waals surface area contributed by atoms with Gasteiger partial charge in [-0.25, -0.2) is 9.59 Å². The Balaban J connectivity index is 0.000000291. The molecule has 2 amide bonds. The second-order valence-electron chi connectivity index (χ2n) is 15.8. The Labute approximate surface area is 430 Å². The summed E-state index contributed by atoms with van der Waals surface area (Å²) in [7, 11) is 0. The third-order valence-corrected chi connectivity index (χ3v) is 10.3. The summed E-state index contributed by atoms with van der Waals surface area (Å²) in [6.07, 6.45) is 1.98. The van der Waals surface area contributed by atoms with Gasteiger partial charge in [-0.1, -0.05) is 109 Å². The van der Waals surface area contributed by atoms with E-state index >= 15 is 0 Å². The molecule has 0 fully saturated rings. The van der Waals surface area contributed by atoms with Crippen molar-refractivity contribution in [2.24, 2.45) is 5.73 Å². The van der Waals surface area contributed by atoms with Crippen LogP contribution in [0.15, 0.2) is 158 Å². The van der Waals surface area contributed by atoms with E-state index in [9.17, 15) is 28.8 Å². The van der Waals surface area contributed by atoms with Crippen molar-refractivity contribution in [3.8, 4) is 22.3 Å². The molecular weight excluding hydrogens is 951 g/mol. The molecule has 0 saturated carbocycles. The van der Waals surface area contributed by atoms with E-state index in [-0.39, 0.29) is 68.1 Å². The van der Waals surface area contributed by atoms with Gasteiger partial charge >= 0.3 is 23.9 Å². The molecule has 7 N–H and O–H groups in total. The number of carboxylic acids is 1. The molecule has 0 spiro atoms. The number of unbranched alkanes of at least 4 members (excludes halogenated alkanes) is 2. The minimum Gasteiger partial charge on any atom is -0.481 e. The number of esters is 3. The smallest absolute Gasteiger partial charge is 0.338 e. The van der Waals surface area contributed by atoms with Crippen LogP contribution in [0.1, 0.15) is 73.5 Å². The number of carbonyl (C=O) groups excluding carboxylic acids is 5. The second-order valence-corrected chi connectivity index (χ2v) is 15.8. The van der Waals surface area contributed by atoms with Gasteiger partial charge in [-0.2, -0.15) is 0 Å². The van der Waals surface area contributed by atoms with Gasteiger partial charge in [-0.15, -0.1) is 0 Å². The van der Waals surface area contributed by atoms with E-state index in [1.807, 2.05) is 84.9 Å². The first-order valence-electron chi connectivity index (χ1n) is 23.9. The van der Waals surface area contributed by atoms with Gasteiger partial charge in [0.15, 0.2) is 0 Å². The van der Waals surface area contributed by atoms with E-state index < -0.39 is 35.7 Å². The molecule has 0 aliphatic carbocycles. The number of nitrogens with two attached hydrogens (primary N) is 1. The van der Waals surface area contributed by atoms with E-state index in [0.717, 1.165) is 35.1 Å². The molecule has 0 radical (unpaired) electrons. The maximum atomic E-state index is 12.9. The van der Waals surface area contributed by atoms with Crippen molar-refractivity contribution >= 4 is 47.1 Å². The molecule has 6 aromatic carbocycles. The number of aliphatic carboxylic acids is 1. The van der Waals surface area contributed by atoms with E-state index in [1.165, 1.54) is 18.2 Å². The largest absolute Gasteiger partial charge is 0.481 e. The van der Waals surface area contributed by atoms with Crippen LogP contribution in [0.2, 0.25) is 0 Å². The van der Waals surface area contributed by atoms with Gasteiger partial charge in [-0.05, 0) is 90.0 Å². The molecule has 0 heterocycles. The molecule has 6 rings (SSSR count). The SMILES string of the molecule is NCCOCCO.O=C(CCOC(=O)c1ccccc1C(=O)Nc1ccc(-c2ccccc2)cc1)OCCCCCOCCO.O=C(O)CCOC(=O)c1ccccc1C(=O)Nc1ccc(-c2ccccc2)cc1. The number of benzene rings is 6. The Morgan fingerprint density at radius 2 is 0.797 bits per heavy atom. The summed E-state index contributed by atoms with van der Waals surface area (Å²) < 4.78 is 25.2. The lowest BCUT2D eigenvalue weighted by Gasteiger charge is -2.11. The number of carbonyl (C=O) groups is 6. The molecule has 74 heavy (non-hydrogen) atoms. The summed E-state index contributed by atoms with van der Waals surface area (Å²) in [6.45, 7) is 2.32. The van der Waals surface area contributed by atoms with Crippen molar-refractivity contribution in [2.45, 2.75) is 32.1 Å². The van der Waals surface area contributed by atoms with Gasteiger partial charge in [0, 0.05) is 24.5 Å². The van der Waals surface area contributed by atoms with Crippen LogP contribution in [0.4, 0.5) is 11.4 Å². The van der Waals surface area contributed by atoms with Crippen molar-refractivity contribution in [1.29, 1.82) is 0 Å². The average molecular weight is 1010 g/mol. The lowest BCUT2D eigenvalue weighted by molar-refractivity contribution is -0.144. The highest BCUT2D eigenvalue weighted by Crippen LogP contribution is 2.24. The minimum atomic E-state index is -1.07. The van der Waals surface area contributed by atoms with Gasteiger partial charge in [0.2, 0.25) is 0 Å². The topological polar surface area (TPSA) is 259 Å². The summed E-state index contributed by atoms with van der Waals surface area (Å²) in [5.41, 5.74) is 11.0. The molecule has 17 heteroatoms. The maximum absolute atomic E-state index is 12.9. The number of anilines is 2. The summed E-state index contributed by atoms with van der Waals surface area (Å²) >= 11 is 0. The molecule has 6 aromatic rings. The minimum absolute atomic E-state index is 0.00488. The Hall–Kier alpha value is -8.06. The Bertz CT molecular complexity index is 2630. The zero-order valence-electron chi connectivity index (χ0n) is 41.0. The first-order chi connectivity index (χ1) is 36.0. The van der Waals surface area contributed by atoms with Crippen molar-refractivity contribution in [3.05, 3.63) is 180 Å². The van der Waals surface area contributed by atoms with E-state index in [0.29, 0.717) is 50.8 Å². The molecule has 0 saturated heterocycles. The highest BCUT2D eigenvalue weighted by atomic mass is 16.6. The molecule has 0 unspecified atom stereocenters. The Kier molecular flexibility index (Phi) is 27.1. The first-order valence-corrected chi connectivity index (χ1v) is 23.9. The summed E-state index contributed by atoms with van der Waals surface area (Å²) in [4.78, 5) is 72.9. The first kappa shape index (κ1) is 58.5. The average Bonchev–Trinajstić information content (AvgIpc) is 3.43. The van der Waals surface area contributed by atoms with Crippen LogP contribution in [-0.2, 0) is 33.3 Å². The molecule has 17 nitrogen and oxygen atoms in total. The van der Waals surface area contributed by atoms with Crippen LogP contribution in [0.5, 0.6) is 0 Å². The monoisotopic (exact) mass is 1010 g/mol. The van der Waals surface area contributed by atoms with Crippen LogP contribution < -0.4 is 16.4 Å². The van der Waals surface area contributed by atoms with Crippen molar-refractivity contribution < 1.29 is 67.8 Å². The molecule has 0 aliphatic rings. The zero-order valence-corrected chi connectivity index (χ0v) is 41.0. The van der Waals surface area contributed by atoms with Gasteiger partial charge in [0.05, 0.1) is 74.7 Å². The fourth-order valence-electron chi connectivity index (χ4n) is 6.64. The molecule has 0 aromatic heterocycles. The molecular formula is C57H63N3O14. The summed E-state index contributed by atoms with van der Waals surface area (Å²) in [5, 5.41) is 31.0. The number of carboxylic acid groups (broad SMARTS) is 1. The fourth-order valence-corrected chi connectivity index (χ4v) is 6.64. The number of nitrogens with one attached hydrogen (secondary N) is 2.